The molecular formula is C47H48N4O3Ti. The number of para-hydroxylation sites is 3. The Hall–Kier alpha value is -5.60. The second-order valence-corrected chi connectivity index (χ2v) is 12.5. The van der Waals surface area contributed by atoms with Crippen LogP contribution < -0.4 is 15.3 Å². The van der Waals surface area contributed by atoms with Crippen LogP contribution in [0.4, 0.5) is 17.1 Å². The van der Waals surface area contributed by atoms with Gasteiger partial charge in [-0.05, 0) is 109 Å². The Labute approximate surface area is 341 Å². The Morgan fingerprint density at radius 3 is 0.709 bits per heavy atom. The molecule has 278 valence electrons. The van der Waals surface area contributed by atoms with Crippen LogP contribution in [0.5, 0.6) is 0 Å². The Balaban J connectivity index is 0.000000272. The molecule has 6 rings (SSSR count). The van der Waals surface area contributed by atoms with Gasteiger partial charge < -0.3 is 20.6 Å². The molecule has 0 saturated carbocycles. The van der Waals surface area contributed by atoms with Gasteiger partial charge in [0, 0.05) is 0 Å². The summed E-state index contributed by atoms with van der Waals surface area (Å²) in [5.74, 6) is -0.575. The van der Waals surface area contributed by atoms with Crippen molar-refractivity contribution in [1.82, 2.24) is 0 Å². The molecule has 0 radical (unpaired) electrons. The quantitative estimate of drug-likeness (QED) is 0.0958. The number of hydrogen-bond donors (Lipinski definition) is 0. The van der Waals surface area contributed by atoms with E-state index in [4.69, 9.17) is 0 Å². The first-order valence-corrected chi connectivity index (χ1v) is 17.6. The molecule has 0 aliphatic heterocycles. The summed E-state index contributed by atoms with van der Waals surface area (Å²) >= 11 is 0. The van der Waals surface area contributed by atoms with Gasteiger partial charge in [-0.3, -0.25) is 15.0 Å². The van der Waals surface area contributed by atoms with E-state index >= 15 is 0 Å². The van der Waals surface area contributed by atoms with Crippen LogP contribution in [0, 0.1) is 41.5 Å². The largest absolute Gasteiger partial charge is 4.00 e. The van der Waals surface area contributed by atoms with Gasteiger partial charge in [-0.1, -0.05) is 146 Å². The SMILES string of the molecule is C[N-]C.Cc1cccc(C)c1N=C([O-])c1ccccc1.Cc1cccc(C)c1N=C([O-])c1ccccc1.Cc1cccc(C)c1N=C([O-])c1ccccc1.[Ti+4]. The summed E-state index contributed by atoms with van der Waals surface area (Å²) in [7, 11) is 3.50. The minimum absolute atomic E-state index is 0. The van der Waals surface area contributed by atoms with E-state index in [0.29, 0.717) is 16.7 Å². The van der Waals surface area contributed by atoms with E-state index in [1.807, 2.05) is 151 Å². The van der Waals surface area contributed by atoms with E-state index in [0.717, 1.165) is 50.4 Å². The Morgan fingerprint density at radius 1 is 0.345 bits per heavy atom. The van der Waals surface area contributed by atoms with Crippen molar-refractivity contribution in [2.45, 2.75) is 41.5 Å². The summed E-state index contributed by atoms with van der Waals surface area (Å²) in [6, 6.07) is 45.0. The second-order valence-electron chi connectivity index (χ2n) is 12.5. The molecule has 0 heterocycles. The zero-order valence-corrected chi connectivity index (χ0v) is 34.4. The molecule has 0 spiro atoms. The fourth-order valence-corrected chi connectivity index (χ4v) is 5.19. The maximum absolute atomic E-state index is 12.0. The van der Waals surface area contributed by atoms with E-state index in [1.165, 1.54) is 0 Å². The molecule has 55 heavy (non-hydrogen) atoms. The van der Waals surface area contributed by atoms with Crippen LogP contribution in [-0.2, 0) is 21.7 Å². The molecule has 0 bridgehead atoms. The van der Waals surface area contributed by atoms with E-state index in [-0.39, 0.29) is 39.4 Å². The van der Waals surface area contributed by atoms with E-state index < -0.39 is 0 Å². The van der Waals surface area contributed by atoms with Gasteiger partial charge >= 0.3 is 21.7 Å². The molecule has 0 saturated heterocycles. The van der Waals surface area contributed by atoms with Crippen LogP contribution in [0.1, 0.15) is 50.1 Å². The zero-order chi connectivity index (χ0) is 39.5. The molecule has 0 N–H and O–H groups in total. The molecular weight excluding hydrogens is 716 g/mol. The van der Waals surface area contributed by atoms with Crippen LogP contribution >= 0.6 is 0 Å². The van der Waals surface area contributed by atoms with Crippen LogP contribution in [0.3, 0.4) is 0 Å². The van der Waals surface area contributed by atoms with Gasteiger partial charge in [0.15, 0.2) is 0 Å². The van der Waals surface area contributed by atoms with Gasteiger partial charge in [0.05, 0.1) is 17.1 Å². The number of benzene rings is 6. The van der Waals surface area contributed by atoms with Crippen molar-refractivity contribution in [3.05, 3.63) is 201 Å². The number of hydrogen-bond acceptors (Lipinski definition) is 6. The summed E-state index contributed by atoms with van der Waals surface area (Å²) in [6.45, 7) is 11.8. The number of nitrogens with zero attached hydrogens (tertiary/aromatic N) is 4. The summed E-state index contributed by atoms with van der Waals surface area (Å²) in [5.41, 5.74) is 10.3. The van der Waals surface area contributed by atoms with Crippen LogP contribution in [-0.4, -0.2) is 31.8 Å². The number of rotatable bonds is 6. The van der Waals surface area contributed by atoms with E-state index in [1.54, 1.807) is 50.5 Å². The van der Waals surface area contributed by atoms with Crippen molar-refractivity contribution in [3.63, 3.8) is 0 Å². The average Bonchev–Trinajstić information content (AvgIpc) is 3.18. The number of aryl methyl sites for hydroxylation is 6. The monoisotopic (exact) mass is 764 g/mol. The molecule has 0 aromatic heterocycles. The molecule has 6 aromatic carbocycles. The van der Waals surface area contributed by atoms with Crippen molar-refractivity contribution in [1.29, 1.82) is 0 Å². The van der Waals surface area contributed by atoms with Gasteiger partial charge in [-0.25, -0.2) is 0 Å². The zero-order valence-electron chi connectivity index (χ0n) is 32.9. The topological polar surface area (TPSA) is 120 Å². The Morgan fingerprint density at radius 2 is 0.527 bits per heavy atom. The van der Waals surface area contributed by atoms with Gasteiger partial charge in [-0.2, -0.15) is 14.1 Å². The molecule has 8 heteroatoms. The van der Waals surface area contributed by atoms with E-state index in [9.17, 15) is 15.3 Å². The first-order valence-electron chi connectivity index (χ1n) is 17.6. The maximum Gasteiger partial charge on any atom is 4.00 e. The van der Waals surface area contributed by atoms with Gasteiger partial charge in [0.2, 0.25) is 0 Å². The molecule has 0 aliphatic rings. The van der Waals surface area contributed by atoms with Crippen LogP contribution in [0.25, 0.3) is 5.32 Å². The average molecular weight is 765 g/mol. The first kappa shape index (κ1) is 45.6. The van der Waals surface area contributed by atoms with Gasteiger partial charge in [0.1, 0.15) is 0 Å². The van der Waals surface area contributed by atoms with Crippen molar-refractivity contribution in [3.8, 4) is 0 Å². The predicted octanol–water partition coefficient (Wildman–Crippen LogP) is 8.84. The van der Waals surface area contributed by atoms with Gasteiger partial charge in [0.25, 0.3) is 0 Å². The fourth-order valence-electron chi connectivity index (χ4n) is 5.19. The minimum atomic E-state index is -0.192. The third kappa shape index (κ3) is 14.6. The normalized spacial score (nSPS) is 11.0. The molecule has 6 aromatic rings. The molecule has 0 amide bonds. The smallest absolute Gasteiger partial charge is 0.858 e. The van der Waals surface area contributed by atoms with Crippen molar-refractivity contribution < 1.29 is 37.0 Å². The second kappa shape index (κ2) is 23.9. The molecule has 0 aliphatic carbocycles. The van der Waals surface area contributed by atoms with Gasteiger partial charge in [-0.15, -0.1) is 0 Å². The summed E-state index contributed by atoms with van der Waals surface area (Å²) < 4.78 is 0. The molecule has 0 atom stereocenters. The Bertz CT molecular complexity index is 1850. The summed E-state index contributed by atoms with van der Waals surface area (Å²) in [6.07, 6.45) is 0. The van der Waals surface area contributed by atoms with E-state index in [2.05, 4.69) is 20.3 Å². The molecule has 0 fully saturated rings. The van der Waals surface area contributed by atoms with Crippen molar-refractivity contribution in [2.75, 3.05) is 14.1 Å². The van der Waals surface area contributed by atoms with Crippen molar-refractivity contribution >= 4 is 34.8 Å². The molecule has 7 nitrogen and oxygen atoms in total. The minimum Gasteiger partial charge on any atom is -0.858 e. The summed E-state index contributed by atoms with van der Waals surface area (Å²) in [5, 5.41) is 39.4. The number of aliphatic imine (C=N–C) groups is 3. The fraction of sp³-hybridized carbons (Fsp3) is 0.170. The van der Waals surface area contributed by atoms with Crippen LogP contribution in [0.2, 0.25) is 0 Å². The van der Waals surface area contributed by atoms with Crippen molar-refractivity contribution in [2.24, 2.45) is 15.0 Å². The Kier molecular flexibility index (Phi) is 19.8. The standard InChI is InChI=1S/3C15H15NO.C2H6N.Ti/c3*1-11-7-6-8-12(2)14(11)16-15(17)13-9-4-3-5-10-13;1-3-2;/h3*3-10H,1-2H3,(H,16,17);1-2H3;/q;;;-1;+4/p-3. The first-order chi connectivity index (χ1) is 26.0. The maximum atomic E-state index is 12.0. The van der Waals surface area contributed by atoms with Crippen LogP contribution in [0.15, 0.2) is 161 Å². The molecule has 0 unspecified atom stereocenters. The summed E-state index contributed by atoms with van der Waals surface area (Å²) in [4.78, 5) is 12.6. The third-order valence-corrected chi connectivity index (χ3v) is 8.02. The third-order valence-electron chi connectivity index (χ3n) is 8.02. The predicted molar refractivity (Wildman–Crippen MR) is 221 cm³/mol.